The molecule has 4 aromatic carbocycles. The number of rotatable bonds is 5. The fourth-order valence-electron chi connectivity index (χ4n) is 3.50. The van der Waals surface area contributed by atoms with Crippen molar-refractivity contribution >= 4 is 11.4 Å². The van der Waals surface area contributed by atoms with Crippen molar-refractivity contribution in [3.05, 3.63) is 114 Å². The first-order valence-electron chi connectivity index (χ1n) is 9.39. The topological polar surface area (TPSA) is 35.9 Å². The molecular formula is C26H22N2. The van der Waals surface area contributed by atoms with Gasteiger partial charge in [0, 0.05) is 23.9 Å². The molecule has 2 heteroatoms. The molecule has 0 radical (unpaired) electrons. The Hall–Kier alpha value is -3.65. The molecule has 4 aromatic rings. The Labute approximate surface area is 166 Å². The van der Waals surface area contributed by atoms with Gasteiger partial charge in [-0.15, -0.1) is 0 Å². The number of para-hydroxylation sites is 1. The molecule has 136 valence electrons. The normalized spacial score (nSPS) is 10.5. The second-order valence-electron chi connectivity index (χ2n) is 6.66. The lowest BCUT2D eigenvalue weighted by molar-refractivity contribution is 1.43. The highest BCUT2D eigenvalue weighted by molar-refractivity contribution is 6.14. The Morgan fingerprint density at radius 2 is 1.21 bits per heavy atom. The van der Waals surface area contributed by atoms with Gasteiger partial charge in [0.05, 0.1) is 5.71 Å². The van der Waals surface area contributed by atoms with Gasteiger partial charge in [-0.1, -0.05) is 91.0 Å². The predicted molar refractivity (Wildman–Crippen MR) is 119 cm³/mol. The number of hydrogen-bond donors (Lipinski definition) is 2. The van der Waals surface area contributed by atoms with E-state index >= 15 is 0 Å². The van der Waals surface area contributed by atoms with Crippen LogP contribution in [0.25, 0.3) is 22.3 Å². The fourth-order valence-corrected chi connectivity index (χ4v) is 3.50. The van der Waals surface area contributed by atoms with Crippen LogP contribution in [0.15, 0.2) is 103 Å². The van der Waals surface area contributed by atoms with E-state index in [2.05, 4.69) is 66.0 Å². The minimum absolute atomic E-state index is 0.516. The number of nitrogens with one attached hydrogen (secondary N) is 2. The summed E-state index contributed by atoms with van der Waals surface area (Å²) in [5.74, 6) is 0. The summed E-state index contributed by atoms with van der Waals surface area (Å²) in [5, 5.41) is 12.0. The third-order valence-corrected chi connectivity index (χ3v) is 4.94. The molecule has 0 saturated heterocycles. The maximum absolute atomic E-state index is 8.81. The van der Waals surface area contributed by atoms with Crippen LogP contribution >= 0.6 is 0 Å². The van der Waals surface area contributed by atoms with Gasteiger partial charge < -0.3 is 5.32 Å². The van der Waals surface area contributed by atoms with Gasteiger partial charge in [0.2, 0.25) is 0 Å². The van der Waals surface area contributed by atoms with E-state index in [1.54, 1.807) is 0 Å². The summed E-state index contributed by atoms with van der Waals surface area (Å²) in [4.78, 5) is 0. The maximum Gasteiger partial charge on any atom is 0.0705 e. The van der Waals surface area contributed by atoms with Crippen LogP contribution < -0.4 is 5.32 Å². The van der Waals surface area contributed by atoms with Crippen molar-refractivity contribution in [2.24, 2.45) is 0 Å². The SMILES string of the molecule is CNc1ccccc1C(=N)c1ccc(-c2ccccc2)c(-c2ccccc2)c1. The minimum Gasteiger partial charge on any atom is -0.388 e. The van der Waals surface area contributed by atoms with Crippen molar-refractivity contribution in [1.82, 2.24) is 0 Å². The van der Waals surface area contributed by atoms with Gasteiger partial charge in [0.15, 0.2) is 0 Å². The summed E-state index contributed by atoms with van der Waals surface area (Å²) in [6, 6.07) is 35.0. The van der Waals surface area contributed by atoms with Gasteiger partial charge in [-0.3, -0.25) is 5.41 Å². The van der Waals surface area contributed by atoms with E-state index < -0.39 is 0 Å². The highest BCUT2D eigenvalue weighted by atomic mass is 14.8. The van der Waals surface area contributed by atoms with Gasteiger partial charge in [-0.25, -0.2) is 0 Å². The summed E-state index contributed by atoms with van der Waals surface area (Å²) >= 11 is 0. The highest BCUT2D eigenvalue weighted by Crippen LogP contribution is 2.33. The van der Waals surface area contributed by atoms with Gasteiger partial charge in [0.1, 0.15) is 0 Å². The molecule has 0 heterocycles. The third kappa shape index (κ3) is 3.45. The Bertz CT molecular complexity index is 1100. The molecule has 0 aliphatic heterocycles. The minimum atomic E-state index is 0.516. The van der Waals surface area contributed by atoms with Gasteiger partial charge in [-0.2, -0.15) is 0 Å². The molecule has 0 aromatic heterocycles. The average molecular weight is 362 g/mol. The molecule has 4 rings (SSSR count). The third-order valence-electron chi connectivity index (χ3n) is 4.94. The first-order valence-corrected chi connectivity index (χ1v) is 9.39. The number of hydrogen-bond acceptors (Lipinski definition) is 2. The zero-order valence-electron chi connectivity index (χ0n) is 15.8. The van der Waals surface area contributed by atoms with Crippen LogP contribution in [-0.4, -0.2) is 12.8 Å². The quantitative estimate of drug-likeness (QED) is 0.392. The van der Waals surface area contributed by atoms with Crippen LogP contribution in [0.1, 0.15) is 11.1 Å². The molecule has 0 unspecified atom stereocenters. The first kappa shape index (κ1) is 17.7. The molecule has 0 aliphatic rings. The molecule has 0 aliphatic carbocycles. The molecule has 0 amide bonds. The molecule has 0 atom stereocenters. The second kappa shape index (κ2) is 7.93. The monoisotopic (exact) mass is 362 g/mol. The maximum atomic E-state index is 8.81. The first-order chi connectivity index (χ1) is 13.8. The summed E-state index contributed by atoms with van der Waals surface area (Å²) < 4.78 is 0. The Kier molecular flexibility index (Phi) is 5.03. The largest absolute Gasteiger partial charge is 0.388 e. The molecule has 0 fully saturated rings. The van der Waals surface area contributed by atoms with Crippen molar-refractivity contribution in [2.75, 3.05) is 12.4 Å². The van der Waals surface area contributed by atoms with Crippen molar-refractivity contribution in [3.8, 4) is 22.3 Å². The van der Waals surface area contributed by atoms with E-state index in [1.165, 1.54) is 11.1 Å². The van der Waals surface area contributed by atoms with Crippen LogP contribution in [0.3, 0.4) is 0 Å². The van der Waals surface area contributed by atoms with Crippen molar-refractivity contribution in [3.63, 3.8) is 0 Å². The summed E-state index contributed by atoms with van der Waals surface area (Å²) in [6.07, 6.45) is 0. The molecule has 2 N–H and O–H groups in total. The highest BCUT2D eigenvalue weighted by Gasteiger charge is 2.13. The molecule has 0 saturated carbocycles. The van der Waals surface area contributed by atoms with E-state index in [0.29, 0.717) is 5.71 Å². The van der Waals surface area contributed by atoms with Crippen molar-refractivity contribution < 1.29 is 0 Å². The van der Waals surface area contributed by atoms with Gasteiger partial charge >= 0.3 is 0 Å². The van der Waals surface area contributed by atoms with E-state index in [-0.39, 0.29) is 0 Å². The zero-order valence-corrected chi connectivity index (χ0v) is 15.8. The smallest absolute Gasteiger partial charge is 0.0705 e. The van der Waals surface area contributed by atoms with Crippen LogP contribution in [0, 0.1) is 5.41 Å². The number of anilines is 1. The van der Waals surface area contributed by atoms with Crippen molar-refractivity contribution in [1.29, 1.82) is 5.41 Å². The van der Waals surface area contributed by atoms with E-state index in [4.69, 9.17) is 5.41 Å². The average Bonchev–Trinajstić information content (AvgIpc) is 2.79. The standard InChI is InChI=1S/C26H22N2/c1-28-25-15-9-8-14-23(25)26(27)21-16-17-22(19-10-4-2-5-11-19)24(18-21)20-12-6-3-7-13-20/h2-18,27-28H,1H3. The van der Waals surface area contributed by atoms with Gasteiger partial charge in [0.25, 0.3) is 0 Å². The summed E-state index contributed by atoms with van der Waals surface area (Å²) in [6.45, 7) is 0. The number of benzene rings is 4. The summed E-state index contributed by atoms with van der Waals surface area (Å²) in [7, 11) is 1.89. The van der Waals surface area contributed by atoms with Crippen LogP contribution in [-0.2, 0) is 0 Å². The predicted octanol–water partition coefficient (Wildman–Crippen LogP) is 6.48. The van der Waals surface area contributed by atoms with Gasteiger partial charge in [-0.05, 0) is 34.4 Å². The lowest BCUT2D eigenvalue weighted by atomic mass is 9.90. The van der Waals surface area contributed by atoms with Crippen LogP contribution in [0.5, 0.6) is 0 Å². The van der Waals surface area contributed by atoms with Crippen LogP contribution in [0.2, 0.25) is 0 Å². The molecular weight excluding hydrogens is 340 g/mol. The summed E-state index contributed by atoms with van der Waals surface area (Å²) in [5.41, 5.74) is 7.91. The van der Waals surface area contributed by atoms with E-state index in [0.717, 1.165) is 27.9 Å². The molecule has 2 nitrogen and oxygen atoms in total. The lowest BCUT2D eigenvalue weighted by Crippen LogP contribution is -2.06. The Morgan fingerprint density at radius 1 is 0.643 bits per heavy atom. The lowest BCUT2D eigenvalue weighted by Gasteiger charge is -2.15. The molecule has 0 spiro atoms. The Balaban J connectivity index is 1.86. The van der Waals surface area contributed by atoms with Crippen molar-refractivity contribution in [2.45, 2.75) is 0 Å². The molecule has 28 heavy (non-hydrogen) atoms. The molecule has 0 bridgehead atoms. The van der Waals surface area contributed by atoms with E-state index in [1.807, 2.05) is 49.5 Å². The Morgan fingerprint density at radius 3 is 1.86 bits per heavy atom. The fraction of sp³-hybridized carbons (Fsp3) is 0.0385. The zero-order chi connectivity index (χ0) is 19.3. The van der Waals surface area contributed by atoms with E-state index in [9.17, 15) is 0 Å². The van der Waals surface area contributed by atoms with Crippen LogP contribution in [0.4, 0.5) is 5.69 Å². The second-order valence-corrected chi connectivity index (χ2v) is 6.66.